The van der Waals surface area contributed by atoms with E-state index >= 15 is 0 Å². The molecular weight excluding hydrogens is 252 g/mol. The highest BCUT2D eigenvalue weighted by Gasteiger charge is 2.17. The number of benzene rings is 4. The molecule has 0 fully saturated rings. The highest BCUT2D eigenvalue weighted by Crippen LogP contribution is 2.39. The summed E-state index contributed by atoms with van der Waals surface area (Å²) >= 11 is 0. The maximum atomic E-state index is 11.2. The van der Waals surface area contributed by atoms with Gasteiger partial charge in [0.2, 0.25) is 0 Å². The molecule has 0 aromatic heterocycles. The first-order chi connectivity index (χ1) is 9.66. The van der Waals surface area contributed by atoms with Crippen molar-refractivity contribution in [1.29, 1.82) is 0 Å². The standard InChI is InChI=1S/C16H10N2O2/c17-13-7-3-9-2-6-12-14(18(19)20)8-4-10-1-5-11(13)15(9)16(10)12/h1-8H,17H2. The van der Waals surface area contributed by atoms with E-state index in [9.17, 15) is 10.1 Å². The fourth-order valence-corrected chi connectivity index (χ4v) is 2.97. The van der Waals surface area contributed by atoms with Gasteiger partial charge in [-0.05, 0) is 34.4 Å². The van der Waals surface area contributed by atoms with Crippen LogP contribution in [-0.4, -0.2) is 4.92 Å². The van der Waals surface area contributed by atoms with Crippen molar-refractivity contribution in [3.63, 3.8) is 0 Å². The number of non-ortho nitro benzene ring substituents is 1. The zero-order chi connectivity index (χ0) is 13.9. The normalized spacial score (nSPS) is 11.6. The van der Waals surface area contributed by atoms with Gasteiger partial charge in [-0.1, -0.05) is 24.3 Å². The molecular formula is C16H10N2O2. The minimum atomic E-state index is -0.338. The minimum absolute atomic E-state index is 0.134. The molecule has 0 saturated heterocycles. The van der Waals surface area contributed by atoms with E-state index in [1.54, 1.807) is 12.1 Å². The molecule has 0 amide bonds. The number of nitro groups is 1. The first-order valence-electron chi connectivity index (χ1n) is 6.27. The third kappa shape index (κ3) is 1.25. The molecule has 0 aliphatic heterocycles. The summed E-state index contributed by atoms with van der Waals surface area (Å²) in [5.74, 6) is 0. The Morgan fingerprint density at radius 1 is 0.800 bits per heavy atom. The summed E-state index contributed by atoms with van der Waals surface area (Å²) in [6.45, 7) is 0. The molecule has 4 aromatic carbocycles. The maximum Gasteiger partial charge on any atom is 0.277 e. The molecule has 4 nitrogen and oxygen atoms in total. The Hall–Kier alpha value is -2.88. The lowest BCUT2D eigenvalue weighted by molar-refractivity contribution is -0.383. The lowest BCUT2D eigenvalue weighted by Gasteiger charge is -2.12. The molecule has 0 saturated carbocycles. The molecule has 4 rings (SSSR count). The van der Waals surface area contributed by atoms with Crippen LogP contribution in [0.4, 0.5) is 11.4 Å². The topological polar surface area (TPSA) is 69.2 Å². The smallest absolute Gasteiger partial charge is 0.277 e. The Morgan fingerprint density at radius 3 is 2.05 bits per heavy atom. The molecule has 0 radical (unpaired) electrons. The van der Waals surface area contributed by atoms with Crippen LogP contribution in [0.15, 0.2) is 48.5 Å². The number of nitrogens with two attached hydrogens (primary N) is 1. The molecule has 0 atom stereocenters. The summed E-state index contributed by atoms with van der Waals surface area (Å²) in [7, 11) is 0. The molecule has 4 aromatic rings. The lowest BCUT2D eigenvalue weighted by atomic mass is 9.93. The van der Waals surface area contributed by atoms with Crippen molar-refractivity contribution in [2.24, 2.45) is 0 Å². The molecule has 0 aliphatic carbocycles. The van der Waals surface area contributed by atoms with Gasteiger partial charge in [-0.15, -0.1) is 0 Å². The van der Waals surface area contributed by atoms with Crippen molar-refractivity contribution in [3.8, 4) is 0 Å². The van der Waals surface area contributed by atoms with Gasteiger partial charge in [0.1, 0.15) is 0 Å². The fraction of sp³-hybridized carbons (Fsp3) is 0. The van der Waals surface area contributed by atoms with E-state index in [0.29, 0.717) is 11.1 Å². The van der Waals surface area contributed by atoms with Gasteiger partial charge in [-0.3, -0.25) is 10.1 Å². The van der Waals surface area contributed by atoms with Crippen LogP contribution in [0.1, 0.15) is 0 Å². The number of rotatable bonds is 1. The summed E-state index contributed by atoms with van der Waals surface area (Å²) in [4.78, 5) is 10.9. The Bertz CT molecular complexity index is 992. The summed E-state index contributed by atoms with van der Waals surface area (Å²) < 4.78 is 0. The number of hydrogen-bond donors (Lipinski definition) is 1. The van der Waals surface area contributed by atoms with Crippen molar-refractivity contribution in [1.82, 2.24) is 0 Å². The average Bonchev–Trinajstić information content (AvgIpc) is 2.46. The van der Waals surface area contributed by atoms with Crippen LogP contribution in [0.2, 0.25) is 0 Å². The van der Waals surface area contributed by atoms with Gasteiger partial charge in [0.05, 0.1) is 10.3 Å². The van der Waals surface area contributed by atoms with Crippen molar-refractivity contribution < 1.29 is 4.92 Å². The Balaban J connectivity index is 2.38. The molecule has 0 spiro atoms. The van der Waals surface area contributed by atoms with E-state index < -0.39 is 0 Å². The summed E-state index contributed by atoms with van der Waals surface area (Å²) in [5.41, 5.74) is 6.86. The zero-order valence-electron chi connectivity index (χ0n) is 10.5. The van der Waals surface area contributed by atoms with Gasteiger partial charge in [-0.25, -0.2) is 0 Å². The molecule has 0 bridgehead atoms. The lowest BCUT2D eigenvalue weighted by Crippen LogP contribution is -1.93. The van der Waals surface area contributed by atoms with Gasteiger partial charge in [0, 0.05) is 22.5 Å². The van der Waals surface area contributed by atoms with Gasteiger partial charge < -0.3 is 5.73 Å². The van der Waals surface area contributed by atoms with Gasteiger partial charge >= 0.3 is 0 Å². The molecule has 2 N–H and O–H groups in total. The SMILES string of the molecule is Nc1ccc2ccc3c([N+](=O)[O-])ccc4ccc1c2c43. The second kappa shape index (κ2) is 3.57. The van der Waals surface area contributed by atoms with Crippen molar-refractivity contribution in [3.05, 3.63) is 58.6 Å². The van der Waals surface area contributed by atoms with E-state index in [1.165, 1.54) is 0 Å². The Kier molecular flexibility index (Phi) is 1.96. The Morgan fingerprint density at radius 2 is 1.35 bits per heavy atom. The predicted molar refractivity (Wildman–Crippen MR) is 81.2 cm³/mol. The average molecular weight is 262 g/mol. The van der Waals surface area contributed by atoms with E-state index in [2.05, 4.69) is 0 Å². The van der Waals surface area contributed by atoms with Crippen molar-refractivity contribution >= 4 is 43.7 Å². The molecule has 20 heavy (non-hydrogen) atoms. The number of nitrogens with zero attached hydrogens (tertiary/aromatic N) is 1. The van der Waals surface area contributed by atoms with Crippen LogP contribution >= 0.6 is 0 Å². The fourth-order valence-electron chi connectivity index (χ4n) is 2.97. The van der Waals surface area contributed by atoms with Crippen molar-refractivity contribution in [2.75, 3.05) is 5.73 Å². The number of nitrogen functional groups attached to an aromatic ring is 1. The van der Waals surface area contributed by atoms with Gasteiger partial charge in [-0.2, -0.15) is 0 Å². The second-order valence-electron chi connectivity index (χ2n) is 4.92. The van der Waals surface area contributed by atoms with E-state index in [-0.39, 0.29) is 10.6 Å². The maximum absolute atomic E-state index is 11.2. The summed E-state index contributed by atoms with van der Waals surface area (Å²) in [6.07, 6.45) is 0. The molecule has 4 heteroatoms. The van der Waals surface area contributed by atoms with Crippen LogP contribution < -0.4 is 5.73 Å². The monoisotopic (exact) mass is 262 g/mol. The number of nitro benzene ring substituents is 1. The van der Waals surface area contributed by atoms with Crippen molar-refractivity contribution in [2.45, 2.75) is 0 Å². The highest BCUT2D eigenvalue weighted by atomic mass is 16.6. The second-order valence-corrected chi connectivity index (χ2v) is 4.92. The summed E-state index contributed by atoms with van der Waals surface area (Å²) in [5, 5.41) is 16.8. The quantitative estimate of drug-likeness (QED) is 0.243. The van der Waals surface area contributed by atoms with Crippen LogP contribution in [-0.2, 0) is 0 Å². The third-order valence-electron chi connectivity index (χ3n) is 3.87. The minimum Gasteiger partial charge on any atom is -0.398 e. The largest absolute Gasteiger partial charge is 0.398 e. The molecule has 0 unspecified atom stereocenters. The third-order valence-corrected chi connectivity index (χ3v) is 3.87. The first-order valence-corrected chi connectivity index (χ1v) is 6.27. The van der Waals surface area contributed by atoms with Crippen LogP contribution in [0.3, 0.4) is 0 Å². The van der Waals surface area contributed by atoms with E-state index in [4.69, 9.17) is 5.73 Å². The van der Waals surface area contributed by atoms with Gasteiger partial charge in [0.15, 0.2) is 0 Å². The Labute approximate surface area is 113 Å². The van der Waals surface area contributed by atoms with E-state index in [1.807, 2.05) is 36.4 Å². The summed E-state index contributed by atoms with van der Waals surface area (Å²) in [6, 6.07) is 14.9. The van der Waals surface area contributed by atoms with Crippen LogP contribution in [0, 0.1) is 10.1 Å². The van der Waals surface area contributed by atoms with Crippen LogP contribution in [0.5, 0.6) is 0 Å². The molecule has 96 valence electrons. The predicted octanol–water partition coefficient (Wildman–Crippen LogP) is 4.07. The van der Waals surface area contributed by atoms with Gasteiger partial charge in [0.25, 0.3) is 5.69 Å². The number of anilines is 1. The molecule has 0 heterocycles. The van der Waals surface area contributed by atoms with E-state index in [0.717, 1.165) is 26.9 Å². The first kappa shape index (κ1) is 11.0. The number of hydrogen-bond acceptors (Lipinski definition) is 3. The van der Waals surface area contributed by atoms with Crippen LogP contribution in [0.25, 0.3) is 32.3 Å². The zero-order valence-corrected chi connectivity index (χ0v) is 10.5. The molecule has 0 aliphatic rings. The highest BCUT2D eigenvalue weighted by molar-refractivity contribution is 6.26.